The normalized spacial score (nSPS) is 16.3. The maximum absolute atomic E-state index is 12.0. The third-order valence-corrected chi connectivity index (χ3v) is 6.33. The Bertz CT molecular complexity index is 1020. The molecule has 1 atom stereocenters. The third kappa shape index (κ3) is 4.46. The minimum atomic E-state index is 0.0208. The van der Waals surface area contributed by atoms with Crippen LogP contribution in [0.5, 0.6) is 5.75 Å². The van der Waals surface area contributed by atoms with Crippen molar-refractivity contribution in [3.63, 3.8) is 0 Å². The van der Waals surface area contributed by atoms with Crippen molar-refractivity contribution in [3.8, 4) is 17.0 Å². The number of hydrogen-bond donors (Lipinski definition) is 1. The fourth-order valence-electron chi connectivity index (χ4n) is 4.46. The Morgan fingerprint density at radius 3 is 2.60 bits per heavy atom. The maximum Gasteiger partial charge on any atom is 0.252 e. The molecule has 3 heterocycles. The zero-order valence-electron chi connectivity index (χ0n) is 17.7. The Morgan fingerprint density at radius 1 is 1.13 bits per heavy atom. The summed E-state index contributed by atoms with van der Waals surface area (Å²) < 4.78 is 5.29. The Morgan fingerprint density at radius 2 is 1.90 bits per heavy atom. The van der Waals surface area contributed by atoms with Crippen molar-refractivity contribution in [2.45, 2.75) is 32.2 Å². The molecular formula is C25H29N3O2. The quantitative estimate of drug-likeness (QED) is 0.660. The molecule has 30 heavy (non-hydrogen) atoms. The smallest absolute Gasteiger partial charge is 0.252 e. The van der Waals surface area contributed by atoms with Crippen LogP contribution in [0.1, 0.15) is 36.8 Å². The number of aromatic nitrogens is 2. The number of ether oxygens (including phenoxy) is 1. The molecule has 1 unspecified atom stereocenters. The summed E-state index contributed by atoms with van der Waals surface area (Å²) in [4.78, 5) is 21.8. The molecule has 156 valence electrons. The lowest BCUT2D eigenvalue weighted by molar-refractivity contribution is 0.164. The molecule has 1 aliphatic rings. The molecule has 5 heteroatoms. The van der Waals surface area contributed by atoms with E-state index in [9.17, 15) is 4.79 Å². The van der Waals surface area contributed by atoms with Crippen LogP contribution in [0, 0.1) is 5.92 Å². The van der Waals surface area contributed by atoms with Gasteiger partial charge >= 0.3 is 0 Å². The molecule has 1 aromatic carbocycles. The number of hydrogen-bond acceptors (Lipinski definition) is 4. The fourth-order valence-corrected chi connectivity index (χ4v) is 4.46. The van der Waals surface area contributed by atoms with Crippen molar-refractivity contribution >= 4 is 0 Å². The number of rotatable bonds is 6. The van der Waals surface area contributed by atoms with Gasteiger partial charge in [0.1, 0.15) is 5.75 Å². The van der Waals surface area contributed by atoms with Gasteiger partial charge in [0.05, 0.1) is 12.8 Å². The molecule has 0 saturated carbocycles. The van der Waals surface area contributed by atoms with E-state index in [-0.39, 0.29) is 5.56 Å². The van der Waals surface area contributed by atoms with E-state index >= 15 is 0 Å². The highest BCUT2D eigenvalue weighted by atomic mass is 16.5. The minimum absolute atomic E-state index is 0.0208. The maximum atomic E-state index is 12.0. The average Bonchev–Trinajstić information content (AvgIpc) is 2.81. The van der Waals surface area contributed by atoms with E-state index in [0.717, 1.165) is 55.0 Å². The third-order valence-electron chi connectivity index (χ3n) is 6.33. The summed E-state index contributed by atoms with van der Waals surface area (Å²) in [6.07, 6.45) is 5.82. The molecule has 5 nitrogen and oxygen atoms in total. The minimum Gasteiger partial charge on any atom is -0.497 e. The highest BCUT2D eigenvalue weighted by Gasteiger charge is 2.27. The van der Waals surface area contributed by atoms with Crippen LogP contribution in [0.25, 0.3) is 11.3 Å². The van der Waals surface area contributed by atoms with Gasteiger partial charge in [-0.15, -0.1) is 0 Å². The molecule has 0 aliphatic carbocycles. The topological polar surface area (TPSA) is 58.2 Å². The first-order chi connectivity index (χ1) is 14.7. The lowest BCUT2D eigenvalue weighted by Gasteiger charge is -2.35. The van der Waals surface area contributed by atoms with Gasteiger partial charge in [-0.3, -0.25) is 14.7 Å². The van der Waals surface area contributed by atoms with Crippen LogP contribution in [0.15, 0.2) is 65.7 Å². The zero-order valence-corrected chi connectivity index (χ0v) is 17.7. The fraction of sp³-hybridized carbons (Fsp3) is 0.360. The predicted octanol–water partition coefficient (Wildman–Crippen LogP) is 4.46. The number of nitrogens with zero attached hydrogens (tertiary/aromatic N) is 2. The molecular weight excluding hydrogens is 374 g/mol. The van der Waals surface area contributed by atoms with Crippen LogP contribution < -0.4 is 10.3 Å². The van der Waals surface area contributed by atoms with Gasteiger partial charge in [-0.1, -0.05) is 19.1 Å². The molecule has 2 aromatic heterocycles. The second-order valence-corrected chi connectivity index (χ2v) is 8.10. The summed E-state index contributed by atoms with van der Waals surface area (Å²) in [6, 6.07) is 16.2. The Hall–Kier alpha value is -2.92. The summed E-state index contributed by atoms with van der Waals surface area (Å²) >= 11 is 0. The van der Waals surface area contributed by atoms with Gasteiger partial charge < -0.3 is 9.72 Å². The van der Waals surface area contributed by atoms with E-state index in [4.69, 9.17) is 9.72 Å². The van der Waals surface area contributed by atoms with Gasteiger partial charge in [-0.05, 0) is 79.7 Å². The zero-order chi connectivity index (χ0) is 20.9. The molecule has 0 radical (unpaired) electrons. The molecule has 1 aliphatic heterocycles. The number of nitrogens with one attached hydrogen (secondary N) is 1. The SMILES string of the molecule is COc1ccc(-c2ncccc2C(C)C2CCN(Cc3ccc[nH]c3=O)CC2)cc1. The summed E-state index contributed by atoms with van der Waals surface area (Å²) in [7, 11) is 1.68. The first-order valence-corrected chi connectivity index (χ1v) is 10.6. The molecule has 3 aromatic rings. The first kappa shape index (κ1) is 20.4. The van der Waals surface area contributed by atoms with Crippen LogP contribution in [0.3, 0.4) is 0 Å². The molecule has 1 N–H and O–H groups in total. The lowest BCUT2D eigenvalue weighted by Crippen LogP contribution is -2.36. The monoisotopic (exact) mass is 403 g/mol. The van der Waals surface area contributed by atoms with E-state index in [1.165, 1.54) is 5.56 Å². The molecule has 4 rings (SSSR count). The van der Waals surface area contributed by atoms with Crippen molar-refractivity contribution in [1.29, 1.82) is 0 Å². The van der Waals surface area contributed by atoms with Crippen molar-refractivity contribution < 1.29 is 4.74 Å². The molecule has 0 spiro atoms. The number of aromatic amines is 1. The number of likely N-dealkylation sites (tertiary alicyclic amines) is 1. The predicted molar refractivity (Wildman–Crippen MR) is 120 cm³/mol. The summed E-state index contributed by atoms with van der Waals surface area (Å²) in [5.41, 5.74) is 4.36. The molecule has 1 fully saturated rings. The van der Waals surface area contributed by atoms with Crippen molar-refractivity contribution in [1.82, 2.24) is 14.9 Å². The highest BCUT2D eigenvalue weighted by molar-refractivity contribution is 5.64. The number of piperidine rings is 1. The first-order valence-electron chi connectivity index (χ1n) is 10.6. The Labute approximate surface area is 177 Å². The lowest BCUT2D eigenvalue weighted by atomic mass is 9.80. The average molecular weight is 404 g/mol. The Balaban J connectivity index is 1.45. The standard InChI is InChI=1S/C25H29N3O2/c1-18(19-11-15-28(16-12-19)17-21-5-3-14-27-25(21)29)23-6-4-13-26-24(23)20-7-9-22(30-2)10-8-20/h3-10,13-14,18-19H,11-12,15-17H2,1-2H3,(H,27,29). The van der Waals surface area contributed by atoms with Crippen molar-refractivity contribution in [2.24, 2.45) is 5.92 Å². The molecule has 0 amide bonds. The van der Waals surface area contributed by atoms with Crippen LogP contribution in [-0.4, -0.2) is 35.1 Å². The van der Waals surface area contributed by atoms with E-state index in [0.29, 0.717) is 11.8 Å². The van der Waals surface area contributed by atoms with Gasteiger partial charge in [-0.25, -0.2) is 0 Å². The highest BCUT2D eigenvalue weighted by Crippen LogP contribution is 2.37. The van der Waals surface area contributed by atoms with Gasteiger partial charge in [0.25, 0.3) is 5.56 Å². The number of methoxy groups -OCH3 is 1. The van der Waals surface area contributed by atoms with Crippen LogP contribution >= 0.6 is 0 Å². The number of benzene rings is 1. The largest absolute Gasteiger partial charge is 0.497 e. The van der Waals surface area contributed by atoms with Crippen molar-refractivity contribution in [3.05, 3.63) is 82.4 Å². The molecule has 0 bridgehead atoms. The van der Waals surface area contributed by atoms with E-state index in [2.05, 4.69) is 35.0 Å². The van der Waals surface area contributed by atoms with Gasteiger partial charge in [0.2, 0.25) is 0 Å². The Kier molecular flexibility index (Phi) is 6.29. The summed E-state index contributed by atoms with van der Waals surface area (Å²) in [5, 5.41) is 0. The van der Waals surface area contributed by atoms with Gasteiger partial charge in [-0.2, -0.15) is 0 Å². The van der Waals surface area contributed by atoms with Crippen LogP contribution in [0.4, 0.5) is 0 Å². The summed E-state index contributed by atoms with van der Waals surface area (Å²) in [6.45, 7) is 5.08. The van der Waals surface area contributed by atoms with E-state index < -0.39 is 0 Å². The second-order valence-electron chi connectivity index (χ2n) is 8.10. The second kappa shape index (κ2) is 9.26. The van der Waals surface area contributed by atoms with Crippen LogP contribution in [-0.2, 0) is 6.54 Å². The van der Waals surface area contributed by atoms with E-state index in [1.54, 1.807) is 13.3 Å². The number of pyridine rings is 2. The van der Waals surface area contributed by atoms with Gasteiger partial charge in [0.15, 0.2) is 0 Å². The molecule has 1 saturated heterocycles. The number of H-pyrrole nitrogens is 1. The van der Waals surface area contributed by atoms with Gasteiger partial charge in [0, 0.05) is 30.1 Å². The van der Waals surface area contributed by atoms with Crippen LogP contribution in [0.2, 0.25) is 0 Å². The summed E-state index contributed by atoms with van der Waals surface area (Å²) in [5.74, 6) is 1.89. The van der Waals surface area contributed by atoms with E-state index in [1.807, 2.05) is 36.5 Å². The van der Waals surface area contributed by atoms with Crippen molar-refractivity contribution in [2.75, 3.05) is 20.2 Å².